The third kappa shape index (κ3) is 4.15. The zero-order valence-corrected chi connectivity index (χ0v) is 12.5. The summed E-state index contributed by atoms with van der Waals surface area (Å²) in [6.07, 6.45) is 1.83. The second-order valence-corrected chi connectivity index (χ2v) is 5.47. The lowest BCUT2D eigenvalue weighted by molar-refractivity contribution is 0.554. The molecule has 0 aliphatic rings. The minimum absolute atomic E-state index is 0.185. The van der Waals surface area contributed by atoms with Crippen LogP contribution < -0.4 is 5.32 Å². The van der Waals surface area contributed by atoms with Crippen molar-refractivity contribution >= 4 is 15.9 Å². The number of rotatable bonds is 5. The van der Waals surface area contributed by atoms with Gasteiger partial charge in [-0.1, -0.05) is 46.3 Å². The van der Waals surface area contributed by atoms with Gasteiger partial charge in [0.2, 0.25) is 0 Å². The van der Waals surface area contributed by atoms with Crippen molar-refractivity contribution in [2.24, 2.45) is 0 Å². The predicted molar refractivity (Wildman–Crippen MR) is 80.8 cm³/mol. The van der Waals surface area contributed by atoms with Crippen molar-refractivity contribution in [2.75, 3.05) is 7.05 Å². The zero-order chi connectivity index (χ0) is 13.7. The molecule has 0 saturated carbocycles. The molecule has 0 radical (unpaired) electrons. The van der Waals surface area contributed by atoms with Gasteiger partial charge in [-0.15, -0.1) is 0 Å². The quantitative estimate of drug-likeness (QED) is 0.878. The molecule has 0 fully saturated rings. The number of nitrogens with one attached hydrogen (secondary N) is 1. The molecule has 0 bridgehead atoms. The van der Waals surface area contributed by atoms with Gasteiger partial charge in [0.1, 0.15) is 5.82 Å². The first-order chi connectivity index (χ1) is 9.19. The second kappa shape index (κ2) is 6.83. The first kappa shape index (κ1) is 14.2. The van der Waals surface area contributed by atoms with Crippen LogP contribution in [0.25, 0.3) is 0 Å². The fourth-order valence-corrected chi connectivity index (χ4v) is 2.56. The maximum atomic E-state index is 12.9. The van der Waals surface area contributed by atoms with Gasteiger partial charge in [0.05, 0.1) is 0 Å². The molecule has 19 heavy (non-hydrogen) atoms. The molecule has 0 amide bonds. The minimum atomic E-state index is -0.185. The minimum Gasteiger partial charge on any atom is -0.316 e. The SMILES string of the molecule is CNC(Cc1ccc(F)cc1)Cc1ccccc1Br. The van der Waals surface area contributed by atoms with Crippen LogP contribution in [-0.2, 0) is 12.8 Å². The van der Waals surface area contributed by atoms with Crippen LogP contribution >= 0.6 is 15.9 Å². The number of benzene rings is 2. The summed E-state index contributed by atoms with van der Waals surface area (Å²) in [5.41, 5.74) is 2.43. The van der Waals surface area contributed by atoms with Crippen LogP contribution in [0.3, 0.4) is 0 Å². The van der Waals surface area contributed by atoms with Gasteiger partial charge in [-0.2, -0.15) is 0 Å². The smallest absolute Gasteiger partial charge is 0.123 e. The van der Waals surface area contributed by atoms with Crippen molar-refractivity contribution < 1.29 is 4.39 Å². The third-order valence-corrected chi connectivity index (χ3v) is 4.00. The average Bonchev–Trinajstić information content (AvgIpc) is 2.43. The zero-order valence-electron chi connectivity index (χ0n) is 10.9. The van der Waals surface area contributed by atoms with E-state index in [4.69, 9.17) is 0 Å². The lowest BCUT2D eigenvalue weighted by Gasteiger charge is -2.17. The van der Waals surface area contributed by atoms with E-state index in [9.17, 15) is 4.39 Å². The Labute approximate surface area is 122 Å². The summed E-state index contributed by atoms with van der Waals surface area (Å²) < 4.78 is 14.0. The van der Waals surface area contributed by atoms with Gasteiger partial charge >= 0.3 is 0 Å². The summed E-state index contributed by atoms with van der Waals surface area (Å²) >= 11 is 3.57. The molecule has 0 aliphatic carbocycles. The van der Waals surface area contributed by atoms with Gasteiger partial charge in [0, 0.05) is 10.5 Å². The van der Waals surface area contributed by atoms with E-state index in [-0.39, 0.29) is 5.82 Å². The fraction of sp³-hybridized carbons (Fsp3) is 0.250. The van der Waals surface area contributed by atoms with E-state index in [2.05, 4.69) is 33.4 Å². The van der Waals surface area contributed by atoms with Crippen molar-refractivity contribution in [3.63, 3.8) is 0 Å². The molecule has 1 N–H and O–H groups in total. The summed E-state index contributed by atoms with van der Waals surface area (Å²) in [6.45, 7) is 0. The van der Waals surface area contributed by atoms with Gasteiger partial charge < -0.3 is 5.32 Å². The monoisotopic (exact) mass is 321 g/mol. The molecule has 1 nitrogen and oxygen atoms in total. The molecule has 0 saturated heterocycles. The second-order valence-electron chi connectivity index (χ2n) is 4.61. The van der Waals surface area contributed by atoms with Crippen molar-refractivity contribution in [3.05, 3.63) is 69.9 Å². The van der Waals surface area contributed by atoms with E-state index in [0.717, 1.165) is 22.9 Å². The summed E-state index contributed by atoms with van der Waals surface area (Å²) in [5.74, 6) is -0.185. The van der Waals surface area contributed by atoms with E-state index < -0.39 is 0 Å². The molecule has 1 atom stereocenters. The Kier molecular flexibility index (Phi) is 5.11. The summed E-state index contributed by atoms with van der Waals surface area (Å²) in [5, 5.41) is 3.33. The highest BCUT2D eigenvalue weighted by atomic mass is 79.9. The fourth-order valence-electron chi connectivity index (χ4n) is 2.11. The molecule has 1 unspecified atom stereocenters. The lowest BCUT2D eigenvalue weighted by atomic mass is 9.99. The molecule has 0 heterocycles. The Morgan fingerprint density at radius 2 is 1.74 bits per heavy atom. The molecule has 3 heteroatoms. The van der Waals surface area contributed by atoms with Crippen molar-refractivity contribution in [2.45, 2.75) is 18.9 Å². The topological polar surface area (TPSA) is 12.0 Å². The van der Waals surface area contributed by atoms with Crippen molar-refractivity contribution in [1.29, 1.82) is 0 Å². The van der Waals surface area contributed by atoms with Crippen LogP contribution in [0, 0.1) is 5.82 Å². The van der Waals surface area contributed by atoms with Crippen LogP contribution in [-0.4, -0.2) is 13.1 Å². The Morgan fingerprint density at radius 3 is 2.37 bits per heavy atom. The van der Waals surface area contributed by atoms with E-state index in [0.29, 0.717) is 6.04 Å². The molecule has 2 rings (SSSR count). The van der Waals surface area contributed by atoms with Crippen molar-refractivity contribution in [3.8, 4) is 0 Å². The molecule has 2 aromatic rings. The number of hydrogen-bond donors (Lipinski definition) is 1. The average molecular weight is 322 g/mol. The summed E-state index contributed by atoms with van der Waals surface area (Å²) in [4.78, 5) is 0. The molecular formula is C16H17BrFN. The van der Waals surface area contributed by atoms with Gasteiger partial charge in [0.25, 0.3) is 0 Å². The number of likely N-dealkylation sites (N-methyl/N-ethyl adjacent to an activating group) is 1. The highest BCUT2D eigenvalue weighted by molar-refractivity contribution is 9.10. The maximum Gasteiger partial charge on any atom is 0.123 e. The van der Waals surface area contributed by atoms with Gasteiger partial charge in [-0.3, -0.25) is 0 Å². The summed E-state index contributed by atoms with van der Waals surface area (Å²) in [6, 6.07) is 15.3. The van der Waals surface area contributed by atoms with Crippen LogP contribution in [0.15, 0.2) is 53.0 Å². The van der Waals surface area contributed by atoms with E-state index >= 15 is 0 Å². The standard InChI is InChI=1S/C16H17BrFN/c1-19-15(10-12-6-8-14(18)9-7-12)11-13-4-2-3-5-16(13)17/h2-9,15,19H,10-11H2,1H3. The molecular weight excluding hydrogens is 305 g/mol. The van der Waals surface area contributed by atoms with E-state index in [1.165, 1.54) is 17.7 Å². The molecule has 0 spiro atoms. The normalized spacial score (nSPS) is 12.4. The van der Waals surface area contributed by atoms with Crippen LogP contribution in [0.5, 0.6) is 0 Å². The molecule has 100 valence electrons. The highest BCUT2D eigenvalue weighted by Crippen LogP contribution is 2.18. The molecule has 0 aromatic heterocycles. The van der Waals surface area contributed by atoms with Gasteiger partial charge in [-0.25, -0.2) is 4.39 Å². The third-order valence-electron chi connectivity index (χ3n) is 3.23. The lowest BCUT2D eigenvalue weighted by Crippen LogP contribution is -2.30. The number of halogens is 2. The Morgan fingerprint density at radius 1 is 1.05 bits per heavy atom. The largest absolute Gasteiger partial charge is 0.316 e. The van der Waals surface area contributed by atoms with Crippen LogP contribution in [0.4, 0.5) is 4.39 Å². The van der Waals surface area contributed by atoms with Gasteiger partial charge in [0.15, 0.2) is 0 Å². The van der Waals surface area contributed by atoms with Gasteiger partial charge in [-0.05, 0) is 49.2 Å². The van der Waals surface area contributed by atoms with Crippen LogP contribution in [0.2, 0.25) is 0 Å². The molecule has 0 aliphatic heterocycles. The molecule has 2 aromatic carbocycles. The Hall–Kier alpha value is -1.19. The number of hydrogen-bond acceptors (Lipinski definition) is 1. The summed E-state index contributed by atoms with van der Waals surface area (Å²) in [7, 11) is 1.96. The van der Waals surface area contributed by atoms with Crippen molar-refractivity contribution in [1.82, 2.24) is 5.32 Å². The first-order valence-corrected chi connectivity index (χ1v) is 7.13. The highest BCUT2D eigenvalue weighted by Gasteiger charge is 2.10. The van der Waals surface area contributed by atoms with E-state index in [1.54, 1.807) is 0 Å². The maximum absolute atomic E-state index is 12.9. The van der Waals surface area contributed by atoms with Crippen LogP contribution in [0.1, 0.15) is 11.1 Å². The Bertz CT molecular complexity index is 525. The Balaban J connectivity index is 2.05. The van der Waals surface area contributed by atoms with E-state index in [1.807, 2.05) is 31.3 Å². The predicted octanol–water partition coefficient (Wildman–Crippen LogP) is 3.96. The first-order valence-electron chi connectivity index (χ1n) is 6.34.